The third-order valence-corrected chi connectivity index (χ3v) is 18.7. The molecule has 2 atom stereocenters. The first-order valence-corrected chi connectivity index (χ1v) is 35.1. The van der Waals surface area contributed by atoms with E-state index < -0.39 is 47.7 Å². The number of carbonyl (C=O) groups excluding carboxylic acids is 2. The van der Waals surface area contributed by atoms with Crippen LogP contribution in [0.2, 0.25) is 0 Å². The summed E-state index contributed by atoms with van der Waals surface area (Å²) in [6.45, 7) is 14.1. The lowest BCUT2D eigenvalue weighted by atomic mass is 9.74. The number of carboxylic acids is 1. The molecule has 2 amide bonds. The number of aliphatic carboxylic acids is 1. The van der Waals surface area contributed by atoms with Gasteiger partial charge in [-0.15, -0.1) is 0 Å². The monoisotopic (exact) mass is 1300 g/mol. The Balaban J connectivity index is 0.00000138. The number of sulfonamides is 2. The highest BCUT2D eigenvalue weighted by Crippen LogP contribution is 2.54. The second-order valence-electron chi connectivity index (χ2n) is 24.3. The van der Waals surface area contributed by atoms with Gasteiger partial charge in [0.05, 0.1) is 41.5 Å². The van der Waals surface area contributed by atoms with E-state index in [0.717, 1.165) is 148 Å². The zero-order valence-corrected chi connectivity index (χ0v) is 53.5. The number of hydrogen-bond acceptors (Lipinski definition) is 14. The van der Waals surface area contributed by atoms with Gasteiger partial charge in [0.25, 0.3) is 0 Å². The van der Waals surface area contributed by atoms with Crippen LogP contribution in [0.3, 0.4) is 0 Å². The van der Waals surface area contributed by atoms with Crippen molar-refractivity contribution in [3.8, 4) is 5.75 Å². The Morgan fingerprint density at radius 2 is 1.34 bits per heavy atom. The number of carboxylic acid groups (broad SMARTS) is 1. The molecule has 0 aliphatic carbocycles. The highest BCUT2D eigenvalue weighted by molar-refractivity contribution is 7.92. The van der Waals surface area contributed by atoms with Crippen molar-refractivity contribution in [1.29, 1.82) is 0 Å². The molecule has 5 heterocycles. The number of nitrogens with one attached hydrogen (secondary N) is 4. The maximum Gasteiger partial charge on any atom is 0.490 e. The van der Waals surface area contributed by atoms with E-state index in [1.54, 1.807) is 48.5 Å². The van der Waals surface area contributed by atoms with Gasteiger partial charge in [0.15, 0.2) is 12.3 Å². The number of ether oxygens (including phenoxy) is 2. The van der Waals surface area contributed by atoms with Crippen LogP contribution in [0.4, 0.5) is 35.9 Å². The highest BCUT2D eigenvalue weighted by Gasteiger charge is 2.54. The number of rotatable bonds is 27. The number of amides is 2. The van der Waals surface area contributed by atoms with Crippen molar-refractivity contribution in [1.82, 2.24) is 15.5 Å². The van der Waals surface area contributed by atoms with Gasteiger partial charge in [-0.3, -0.25) is 23.9 Å². The molecule has 2 unspecified atom stereocenters. The quantitative estimate of drug-likeness (QED) is 0.0213. The van der Waals surface area contributed by atoms with E-state index in [0.29, 0.717) is 49.8 Å². The summed E-state index contributed by atoms with van der Waals surface area (Å²) in [4.78, 5) is 39.4. The number of alkyl halides is 3. The maximum atomic E-state index is 13.3. The van der Waals surface area contributed by atoms with E-state index in [2.05, 4.69) is 86.4 Å². The number of carbonyl (C=O) groups is 3. The van der Waals surface area contributed by atoms with Crippen LogP contribution in [-0.2, 0) is 73.0 Å². The summed E-state index contributed by atoms with van der Waals surface area (Å²) in [6, 6.07) is 25.3. The molecule has 0 spiro atoms. The number of allylic oxidation sites excluding steroid dienone is 1. The zero-order chi connectivity index (χ0) is 64.7. The van der Waals surface area contributed by atoms with E-state index in [1.807, 2.05) is 12.1 Å². The number of unbranched alkanes of at least 4 members (excludes halogenated alkanes) is 5. The average molecular weight is 1300 g/mol. The molecular weight excluding hydrogens is 1220 g/mol. The lowest BCUT2D eigenvalue weighted by molar-refractivity contribution is -0.445. The predicted molar refractivity (Wildman–Crippen MR) is 333 cm³/mol. The molecule has 26 heteroatoms. The Morgan fingerprint density at radius 3 is 1.97 bits per heavy atom. The summed E-state index contributed by atoms with van der Waals surface area (Å²) in [6.07, 6.45) is 8.62. The highest BCUT2D eigenvalue weighted by atomic mass is 32.2. The zero-order valence-electron chi connectivity index (χ0n) is 51.0. The van der Waals surface area contributed by atoms with Crippen molar-refractivity contribution in [2.45, 2.75) is 139 Å². The third-order valence-electron chi connectivity index (χ3n) is 16.6. The molecule has 5 N–H and O–H groups in total. The third kappa shape index (κ3) is 17.8. The van der Waals surface area contributed by atoms with Gasteiger partial charge >= 0.3 is 12.1 Å². The summed E-state index contributed by atoms with van der Waals surface area (Å²) in [5, 5.41) is 13.3. The number of hydrogen-bond donors (Lipinski definition) is 5. The van der Waals surface area contributed by atoms with E-state index >= 15 is 0 Å². The largest absolute Gasteiger partial charge is 0.744 e. The van der Waals surface area contributed by atoms with Gasteiger partial charge in [0.1, 0.15) is 22.5 Å². The molecule has 0 radical (unpaired) electrons. The first-order chi connectivity index (χ1) is 41.8. The minimum Gasteiger partial charge on any atom is -0.744 e. The lowest BCUT2D eigenvalue weighted by Gasteiger charge is -2.42. The van der Waals surface area contributed by atoms with Crippen molar-refractivity contribution in [3.63, 3.8) is 0 Å². The summed E-state index contributed by atoms with van der Waals surface area (Å²) < 4.78 is 135. The minimum absolute atomic E-state index is 0.0370. The molecule has 89 heavy (non-hydrogen) atoms. The standard InChI is InChI=1S/C61H79N7O11S3.C2HF3O2/c1-60(2)50-38-43(17-25-52(50)67-34-28-54-48(58(60)67)41-49-55(79-54)29-35-68-53-26-24-47(82(75,76)77)40-51(53)61(3,4)59(49)68)39-57(70)63-31-12-9-10-14-56(69)62-30-11-7-8-13-32-66(33-27-42-15-18-44(19-16-42)64-80(5,71)72)36-37-78-46-22-20-45(21-23-46)65-81(6,73)74;3-2(4,5)1(6)7/h15-26,38,40-41,54-55,64-65H,7-14,27-37,39H2,1-6H3,(H2-,62,63,69,70,75,76,77);(H,6,7). The van der Waals surface area contributed by atoms with Crippen LogP contribution < -0.4 is 29.7 Å². The first-order valence-electron chi connectivity index (χ1n) is 29.9. The number of fused-ring (bicyclic) bond motifs is 8. The second-order valence-corrected chi connectivity index (χ2v) is 29.2. The van der Waals surface area contributed by atoms with Crippen molar-refractivity contribution < 1.29 is 76.5 Å². The molecule has 0 saturated carbocycles. The Labute approximate surface area is 519 Å². The van der Waals surface area contributed by atoms with Crippen LogP contribution in [0.5, 0.6) is 5.75 Å². The Morgan fingerprint density at radius 1 is 0.730 bits per heavy atom. The van der Waals surface area contributed by atoms with Crippen LogP contribution in [0, 0.1) is 0 Å². The Kier molecular flexibility index (Phi) is 21.5. The van der Waals surface area contributed by atoms with Crippen molar-refractivity contribution >= 4 is 76.4 Å². The molecule has 20 nitrogen and oxygen atoms in total. The molecule has 9 rings (SSSR count). The van der Waals surface area contributed by atoms with Crippen molar-refractivity contribution in [2.24, 2.45) is 0 Å². The van der Waals surface area contributed by atoms with Crippen LogP contribution in [0.1, 0.15) is 114 Å². The van der Waals surface area contributed by atoms with Gasteiger partial charge in [0, 0.05) is 96.5 Å². The van der Waals surface area contributed by atoms with Gasteiger partial charge in [-0.05, 0) is 136 Å². The summed E-state index contributed by atoms with van der Waals surface area (Å²) >= 11 is 0. The number of nitrogens with zero attached hydrogens (tertiary/aromatic N) is 3. The molecule has 0 saturated heterocycles. The lowest BCUT2D eigenvalue weighted by Crippen LogP contribution is -2.47. The van der Waals surface area contributed by atoms with Gasteiger partial charge in [-0.1, -0.05) is 57.4 Å². The fourth-order valence-corrected chi connectivity index (χ4v) is 14.1. The number of benzene rings is 4. The van der Waals surface area contributed by atoms with E-state index in [1.165, 1.54) is 17.3 Å². The Bertz CT molecular complexity index is 3720. The smallest absolute Gasteiger partial charge is 0.490 e. The first kappa shape index (κ1) is 68.1. The number of halogens is 3. The van der Waals surface area contributed by atoms with Crippen molar-refractivity contribution in [3.05, 3.63) is 130 Å². The van der Waals surface area contributed by atoms with Crippen LogP contribution >= 0.6 is 0 Å². The molecule has 5 aliphatic rings. The predicted octanol–water partition coefficient (Wildman–Crippen LogP) is 8.42. The van der Waals surface area contributed by atoms with Crippen LogP contribution in [0.15, 0.2) is 113 Å². The van der Waals surface area contributed by atoms with Gasteiger partial charge in [-0.25, -0.2) is 30.0 Å². The number of anilines is 3. The van der Waals surface area contributed by atoms with E-state index in [9.17, 15) is 52.6 Å². The van der Waals surface area contributed by atoms with Gasteiger partial charge in [-0.2, -0.15) is 17.7 Å². The Hall–Kier alpha value is -6.84. The van der Waals surface area contributed by atoms with Crippen LogP contribution in [-0.4, -0.2) is 151 Å². The fraction of sp³-hybridized carbons (Fsp3) is 0.492. The van der Waals surface area contributed by atoms with Crippen molar-refractivity contribution in [2.75, 3.05) is 79.3 Å². The van der Waals surface area contributed by atoms with Gasteiger partial charge < -0.3 is 34.7 Å². The van der Waals surface area contributed by atoms with Gasteiger partial charge in [0.2, 0.25) is 37.5 Å². The molecule has 4 aromatic carbocycles. The molecule has 484 valence electrons. The second kappa shape index (κ2) is 28.1. The summed E-state index contributed by atoms with van der Waals surface area (Å²) in [5.41, 5.74) is 10.7. The minimum atomic E-state index is -5.08. The molecule has 0 aromatic heterocycles. The SMILES string of the molecule is CC1(C)C2=C3C=C4C5=[N+](CCC4OC3CCN2c2ccc(CC(=O)NCCCCCC(=O)NCCCCCCN(CCOc3ccc(NS(C)(=O)=O)cc3)CCc3ccc(NS(C)(=O)=O)cc3)cc21)c1ccc(S(=O)(=O)[O-])cc1C5(C)C.O=C(O)C(F)(F)F. The fourth-order valence-electron chi connectivity index (χ4n) is 12.5. The molecular formula is C63H80F3N7O13S3. The summed E-state index contributed by atoms with van der Waals surface area (Å²) in [7, 11) is -11.4. The van der Waals surface area contributed by atoms with E-state index in [4.69, 9.17) is 19.4 Å². The molecule has 5 aliphatic heterocycles. The average Bonchev–Trinajstić information content (AvgIpc) is 1.61. The van der Waals surface area contributed by atoms with Crippen LogP contribution in [0.25, 0.3) is 0 Å². The maximum absolute atomic E-state index is 13.3. The molecule has 0 fully saturated rings. The topological polar surface area (TPSA) is 273 Å². The molecule has 4 aromatic rings. The normalized spacial score (nSPS) is 18.1. The summed E-state index contributed by atoms with van der Waals surface area (Å²) in [5.74, 6) is -2.12. The molecule has 0 bridgehead atoms. The van der Waals surface area contributed by atoms with E-state index in [-0.39, 0.29) is 40.8 Å².